The lowest BCUT2D eigenvalue weighted by Crippen LogP contribution is -2.09. The van der Waals surface area contributed by atoms with Crippen LogP contribution in [0.5, 0.6) is 0 Å². The molecule has 0 aliphatic carbocycles. The van der Waals surface area contributed by atoms with E-state index in [0.717, 1.165) is 18.2 Å². The molecule has 0 saturated heterocycles. The van der Waals surface area contributed by atoms with Gasteiger partial charge in [0.15, 0.2) is 5.78 Å². The molecule has 0 aliphatic heterocycles. The van der Waals surface area contributed by atoms with Gasteiger partial charge >= 0.3 is 6.18 Å². The number of ketones is 1. The van der Waals surface area contributed by atoms with Crippen LogP contribution in [0.25, 0.3) is 0 Å². The topological polar surface area (TPSA) is 17.1 Å². The van der Waals surface area contributed by atoms with Crippen LogP contribution in [-0.2, 0) is 12.6 Å². The molecule has 0 aromatic heterocycles. The normalized spacial score (nSPS) is 11.5. The second-order valence-corrected chi connectivity index (χ2v) is 4.80. The summed E-state index contributed by atoms with van der Waals surface area (Å²) >= 11 is 5.59. The summed E-state index contributed by atoms with van der Waals surface area (Å²) in [5.41, 5.74) is -0.992. The van der Waals surface area contributed by atoms with Gasteiger partial charge in [-0.25, -0.2) is 4.39 Å². The summed E-state index contributed by atoms with van der Waals surface area (Å²) < 4.78 is 51.4. The predicted molar refractivity (Wildman–Crippen MR) is 70.9 cm³/mol. The van der Waals surface area contributed by atoms with Crippen molar-refractivity contribution in [3.8, 4) is 0 Å². The van der Waals surface area contributed by atoms with E-state index in [1.165, 1.54) is 24.3 Å². The summed E-state index contributed by atoms with van der Waals surface area (Å²) in [5, 5.41) is -0.135. The van der Waals surface area contributed by atoms with Gasteiger partial charge in [0.25, 0.3) is 0 Å². The molecule has 2 aromatic rings. The van der Waals surface area contributed by atoms with Gasteiger partial charge in [0, 0.05) is 12.0 Å². The number of rotatable bonds is 3. The molecule has 0 spiro atoms. The van der Waals surface area contributed by atoms with Crippen LogP contribution >= 0.6 is 11.6 Å². The van der Waals surface area contributed by atoms with Gasteiger partial charge in [0.05, 0.1) is 10.6 Å². The molecule has 0 unspecified atom stereocenters. The summed E-state index contributed by atoms with van der Waals surface area (Å²) in [4.78, 5) is 12.0. The van der Waals surface area contributed by atoms with Gasteiger partial charge in [-0.2, -0.15) is 13.2 Å². The first-order valence-corrected chi connectivity index (χ1v) is 6.30. The summed E-state index contributed by atoms with van der Waals surface area (Å²) in [6.07, 6.45) is -4.88. The molecule has 0 amide bonds. The van der Waals surface area contributed by atoms with E-state index in [0.29, 0.717) is 0 Å². The minimum atomic E-state index is -4.53. The van der Waals surface area contributed by atoms with Crippen molar-refractivity contribution in [1.29, 1.82) is 0 Å². The number of Topliss-reactive ketones (excluding diaryl/α,β-unsaturated/α-hetero) is 1. The summed E-state index contributed by atoms with van der Waals surface area (Å²) in [6, 6.07) is 8.20. The smallest absolute Gasteiger partial charge is 0.294 e. The van der Waals surface area contributed by atoms with Gasteiger partial charge in [-0.3, -0.25) is 4.79 Å². The van der Waals surface area contributed by atoms with Crippen LogP contribution in [0.4, 0.5) is 17.6 Å². The SMILES string of the molecule is O=C(Cc1cccc(Cl)c1F)c1cccc(C(F)(F)F)c1. The Bertz CT molecular complexity index is 680. The largest absolute Gasteiger partial charge is 0.416 e. The standard InChI is InChI=1S/C15H9ClF4O/c16-12-6-2-4-10(14(12)17)8-13(21)9-3-1-5-11(7-9)15(18,19)20/h1-7H,8H2. The van der Waals surface area contributed by atoms with E-state index in [1.807, 2.05) is 0 Å². The van der Waals surface area contributed by atoms with E-state index in [1.54, 1.807) is 0 Å². The Kier molecular flexibility index (Phi) is 4.32. The molecule has 2 rings (SSSR count). The van der Waals surface area contributed by atoms with Gasteiger partial charge in [0.2, 0.25) is 0 Å². The van der Waals surface area contributed by atoms with Crippen molar-refractivity contribution in [2.45, 2.75) is 12.6 Å². The van der Waals surface area contributed by atoms with Gasteiger partial charge in [0.1, 0.15) is 5.82 Å². The fraction of sp³-hybridized carbons (Fsp3) is 0.133. The highest BCUT2D eigenvalue weighted by atomic mass is 35.5. The van der Waals surface area contributed by atoms with E-state index < -0.39 is 23.3 Å². The van der Waals surface area contributed by atoms with Crippen molar-refractivity contribution in [3.63, 3.8) is 0 Å². The van der Waals surface area contributed by atoms with Crippen molar-refractivity contribution >= 4 is 17.4 Å². The highest BCUT2D eigenvalue weighted by molar-refractivity contribution is 6.30. The van der Waals surface area contributed by atoms with E-state index in [-0.39, 0.29) is 22.6 Å². The lowest BCUT2D eigenvalue weighted by molar-refractivity contribution is -0.137. The van der Waals surface area contributed by atoms with Crippen molar-refractivity contribution in [1.82, 2.24) is 0 Å². The van der Waals surface area contributed by atoms with Crippen LogP contribution in [0.15, 0.2) is 42.5 Å². The number of alkyl halides is 3. The molecule has 6 heteroatoms. The molecule has 2 aromatic carbocycles. The Morgan fingerprint density at radius 3 is 2.43 bits per heavy atom. The minimum Gasteiger partial charge on any atom is -0.294 e. The average molecular weight is 317 g/mol. The van der Waals surface area contributed by atoms with Crippen LogP contribution in [0.3, 0.4) is 0 Å². The zero-order valence-electron chi connectivity index (χ0n) is 10.5. The van der Waals surface area contributed by atoms with Gasteiger partial charge in [-0.1, -0.05) is 35.9 Å². The number of hydrogen-bond donors (Lipinski definition) is 0. The zero-order chi connectivity index (χ0) is 15.6. The highest BCUT2D eigenvalue weighted by Gasteiger charge is 2.30. The van der Waals surface area contributed by atoms with E-state index in [2.05, 4.69) is 0 Å². The number of carbonyl (C=O) groups is 1. The molecule has 0 aliphatic rings. The van der Waals surface area contributed by atoms with Crippen LogP contribution < -0.4 is 0 Å². The van der Waals surface area contributed by atoms with Crippen LogP contribution in [0.2, 0.25) is 5.02 Å². The molecule has 1 nitrogen and oxygen atoms in total. The Morgan fingerprint density at radius 1 is 1.10 bits per heavy atom. The van der Waals surface area contributed by atoms with Crippen LogP contribution in [0.1, 0.15) is 21.5 Å². The predicted octanol–water partition coefficient (Wildman–Crippen LogP) is 4.92. The third kappa shape index (κ3) is 3.61. The fourth-order valence-electron chi connectivity index (χ4n) is 1.83. The molecule has 0 N–H and O–H groups in total. The van der Waals surface area contributed by atoms with E-state index >= 15 is 0 Å². The first-order valence-electron chi connectivity index (χ1n) is 5.92. The summed E-state index contributed by atoms with van der Waals surface area (Å²) in [6.45, 7) is 0. The lowest BCUT2D eigenvalue weighted by atomic mass is 10.0. The second-order valence-electron chi connectivity index (χ2n) is 4.39. The summed E-state index contributed by atoms with van der Waals surface area (Å²) in [7, 11) is 0. The van der Waals surface area contributed by atoms with Crippen LogP contribution in [0, 0.1) is 5.82 Å². The lowest BCUT2D eigenvalue weighted by Gasteiger charge is -2.08. The van der Waals surface area contributed by atoms with Gasteiger partial charge in [-0.15, -0.1) is 0 Å². The Morgan fingerprint density at radius 2 is 1.76 bits per heavy atom. The molecular formula is C15H9ClF4O. The molecule has 0 saturated carbocycles. The van der Waals surface area contributed by atoms with Crippen molar-refractivity contribution < 1.29 is 22.4 Å². The maximum absolute atomic E-state index is 13.7. The average Bonchev–Trinajstić information content (AvgIpc) is 2.43. The molecule has 0 radical (unpaired) electrons. The molecule has 0 atom stereocenters. The third-order valence-corrected chi connectivity index (χ3v) is 3.19. The molecule has 110 valence electrons. The maximum Gasteiger partial charge on any atom is 0.416 e. The monoisotopic (exact) mass is 316 g/mol. The first kappa shape index (κ1) is 15.5. The Labute approximate surface area is 123 Å². The quantitative estimate of drug-likeness (QED) is 0.580. The van der Waals surface area contributed by atoms with Crippen molar-refractivity contribution in [2.24, 2.45) is 0 Å². The van der Waals surface area contributed by atoms with Crippen molar-refractivity contribution in [3.05, 3.63) is 70.0 Å². The van der Waals surface area contributed by atoms with Crippen molar-refractivity contribution in [2.75, 3.05) is 0 Å². The highest BCUT2D eigenvalue weighted by Crippen LogP contribution is 2.30. The molecular weight excluding hydrogens is 308 g/mol. The van der Waals surface area contributed by atoms with E-state index in [4.69, 9.17) is 11.6 Å². The zero-order valence-corrected chi connectivity index (χ0v) is 11.3. The fourth-order valence-corrected chi connectivity index (χ4v) is 2.02. The van der Waals surface area contributed by atoms with Gasteiger partial charge < -0.3 is 0 Å². The number of hydrogen-bond acceptors (Lipinski definition) is 1. The minimum absolute atomic E-state index is 0.0462. The molecule has 0 fully saturated rings. The second kappa shape index (κ2) is 5.85. The Balaban J connectivity index is 2.27. The third-order valence-electron chi connectivity index (χ3n) is 2.89. The Hall–Kier alpha value is -1.88. The summed E-state index contributed by atoms with van der Waals surface area (Å²) in [5.74, 6) is -1.35. The number of benzene rings is 2. The van der Waals surface area contributed by atoms with Gasteiger partial charge in [-0.05, 0) is 23.8 Å². The maximum atomic E-state index is 13.7. The number of halogens is 5. The number of carbonyl (C=O) groups excluding carboxylic acids is 1. The first-order chi connectivity index (χ1) is 9.79. The van der Waals surface area contributed by atoms with E-state index in [9.17, 15) is 22.4 Å². The molecule has 0 heterocycles. The molecule has 0 bridgehead atoms. The molecule has 21 heavy (non-hydrogen) atoms. The van der Waals surface area contributed by atoms with Crippen LogP contribution in [-0.4, -0.2) is 5.78 Å².